The van der Waals surface area contributed by atoms with Crippen molar-refractivity contribution in [1.29, 1.82) is 0 Å². The number of aliphatic hydroxyl groups excluding tert-OH is 1. The molecular weight excluding hydrogens is 206 g/mol. The van der Waals surface area contributed by atoms with E-state index in [1.807, 2.05) is 35.6 Å². The van der Waals surface area contributed by atoms with E-state index in [1.54, 1.807) is 0 Å². The predicted octanol–water partition coefficient (Wildman–Crippen LogP) is -0.574. The number of esters is 1. The summed E-state index contributed by atoms with van der Waals surface area (Å²) in [5.41, 5.74) is 0.981. The zero-order valence-corrected chi connectivity index (χ0v) is 9.00. The Morgan fingerprint density at radius 3 is 2.81 bits per heavy atom. The van der Waals surface area contributed by atoms with Gasteiger partial charge in [-0.1, -0.05) is 30.3 Å². The van der Waals surface area contributed by atoms with E-state index in [2.05, 4.69) is 0 Å². The van der Waals surface area contributed by atoms with Gasteiger partial charge in [-0.15, -0.1) is 0 Å². The second-order valence-corrected chi connectivity index (χ2v) is 4.06. The Bertz CT molecular complexity index is 353. The molecule has 1 aliphatic heterocycles. The first-order valence-corrected chi connectivity index (χ1v) is 5.47. The number of hydrogen-bond acceptors (Lipinski definition) is 3. The number of nitrogens with two attached hydrogens (primary N) is 1. The minimum Gasteiger partial charge on any atom is -0.456 e. The molecule has 2 rings (SSSR count). The van der Waals surface area contributed by atoms with E-state index in [1.165, 1.54) is 0 Å². The number of quaternary nitrogens is 1. The monoisotopic (exact) mass is 222 g/mol. The largest absolute Gasteiger partial charge is 0.456 e. The maximum atomic E-state index is 11.6. The number of carbonyl (C=O) groups excluding carboxylic acids is 1. The second-order valence-electron chi connectivity index (χ2n) is 4.06. The Kier molecular flexibility index (Phi) is 3.54. The summed E-state index contributed by atoms with van der Waals surface area (Å²) in [7, 11) is 0. The molecule has 86 valence electrons. The van der Waals surface area contributed by atoms with E-state index in [9.17, 15) is 9.90 Å². The van der Waals surface area contributed by atoms with Crippen molar-refractivity contribution in [2.45, 2.75) is 25.2 Å². The molecule has 1 aromatic rings. The summed E-state index contributed by atoms with van der Waals surface area (Å²) in [5.74, 6) is -0.236. The lowest BCUT2D eigenvalue weighted by Gasteiger charge is -2.07. The normalized spacial score (nSPS) is 24.3. The Hall–Kier alpha value is -1.39. The Labute approximate surface area is 94.2 Å². The Balaban J connectivity index is 1.80. The van der Waals surface area contributed by atoms with Crippen LogP contribution in [-0.2, 0) is 16.1 Å². The van der Waals surface area contributed by atoms with Gasteiger partial charge in [0.05, 0.1) is 0 Å². The smallest absolute Gasteiger partial charge is 0.365 e. The summed E-state index contributed by atoms with van der Waals surface area (Å²) < 4.78 is 5.18. The standard InChI is InChI=1S/C12H15NO3/c14-10-6-11(13-7-10)12(15)16-8-9-4-2-1-3-5-9/h1-5,10-11,13-14H,6-8H2/p+1/t10-,11+/m1/s1. The van der Waals surface area contributed by atoms with Gasteiger partial charge in [-0.3, -0.25) is 0 Å². The van der Waals surface area contributed by atoms with E-state index in [0.717, 1.165) is 5.56 Å². The molecule has 4 nitrogen and oxygen atoms in total. The molecule has 1 heterocycles. The first-order valence-electron chi connectivity index (χ1n) is 5.47. The third-order valence-electron chi connectivity index (χ3n) is 2.75. The molecule has 1 fully saturated rings. The van der Waals surface area contributed by atoms with Crippen LogP contribution in [0.5, 0.6) is 0 Å². The van der Waals surface area contributed by atoms with Gasteiger partial charge in [-0.25, -0.2) is 4.79 Å². The van der Waals surface area contributed by atoms with Crippen molar-refractivity contribution < 1.29 is 20.0 Å². The van der Waals surface area contributed by atoms with Gasteiger partial charge in [0.1, 0.15) is 19.3 Å². The summed E-state index contributed by atoms with van der Waals surface area (Å²) in [4.78, 5) is 11.6. The Morgan fingerprint density at radius 1 is 1.44 bits per heavy atom. The quantitative estimate of drug-likeness (QED) is 0.673. The lowest BCUT2D eigenvalue weighted by molar-refractivity contribution is -0.661. The number of aliphatic hydroxyl groups is 1. The maximum absolute atomic E-state index is 11.6. The van der Waals surface area contributed by atoms with Crippen LogP contribution in [-0.4, -0.2) is 29.8 Å². The van der Waals surface area contributed by atoms with Crippen molar-refractivity contribution >= 4 is 5.97 Å². The van der Waals surface area contributed by atoms with Crippen LogP contribution in [0, 0.1) is 0 Å². The van der Waals surface area contributed by atoms with Crippen molar-refractivity contribution in [3.8, 4) is 0 Å². The van der Waals surface area contributed by atoms with Crippen LogP contribution in [0.3, 0.4) is 0 Å². The van der Waals surface area contributed by atoms with Gasteiger partial charge in [-0.05, 0) is 5.56 Å². The second kappa shape index (κ2) is 5.09. The van der Waals surface area contributed by atoms with Gasteiger partial charge in [0.2, 0.25) is 0 Å². The van der Waals surface area contributed by atoms with Gasteiger partial charge >= 0.3 is 5.97 Å². The van der Waals surface area contributed by atoms with Crippen molar-refractivity contribution in [3.05, 3.63) is 35.9 Å². The topological polar surface area (TPSA) is 63.1 Å². The third-order valence-corrected chi connectivity index (χ3v) is 2.75. The fourth-order valence-electron chi connectivity index (χ4n) is 1.84. The molecule has 0 radical (unpaired) electrons. The van der Waals surface area contributed by atoms with E-state index < -0.39 is 0 Å². The maximum Gasteiger partial charge on any atom is 0.365 e. The summed E-state index contributed by atoms with van der Waals surface area (Å²) in [6.45, 7) is 0.894. The molecule has 0 aliphatic carbocycles. The van der Waals surface area contributed by atoms with Gasteiger partial charge < -0.3 is 15.2 Å². The van der Waals surface area contributed by atoms with Crippen LogP contribution in [0.25, 0.3) is 0 Å². The molecule has 0 bridgehead atoms. The summed E-state index contributed by atoms with van der Waals surface area (Å²) in [6.07, 6.45) is 0.113. The summed E-state index contributed by atoms with van der Waals surface area (Å²) in [6, 6.07) is 9.34. The first-order chi connectivity index (χ1) is 7.75. The lowest BCUT2D eigenvalue weighted by atomic mass is 10.2. The van der Waals surface area contributed by atoms with Crippen LogP contribution in [0.2, 0.25) is 0 Å². The van der Waals surface area contributed by atoms with Crippen LogP contribution < -0.4 is 5.32 Å². The fourth-order valence-corrected chi connectivity index (χ4v) is 1.84. The average Bonchev–Trinajstić information content (AvgIpc) is 2.74. The number of hydrogen-bond donors (Lipinski definition) is 2. The average molecular weight is 222 g/mol. The molecule has 16 heavy (non-hydrogen) atoms. The lowest BCUT2D eigenvalue weighted by Crippen LogP contribution is -2.89. The van der Waals surface area contributed by atoms with Gasteiger partial charge in [0.25, 0.3) is 0 Å². The van der Waals surface area contributed by atoms with Crippen molar-refractivity contribution in [1.82, 2.24) is 0 Å². The molecule has 4 heteroatoms. The molecule has 0 spiro atoms. The van der Waals surface area contributed by atoms with Gasteiger partial charge in [0.15, 0.2) is 6.04 Å². The van der Waals surface area contributed by atoms with Crippen molar-refractivity contribution in [3.63, 3.8) is 0 Å². The zero-order valence-electron chi connectivity index (χ0n) is 9.00. The van der Waals surface area contributed by atoms with E-state index in [4.69, 9.17) is 4.74 Å². The van der Waals surface area contributed by atoms with Gasteiger partial charge in [-0.2, -0.15) is 0 Å². The number of rotatable bonds is 3. The number of carbonyl (C=O) groups is 1. The predicted molar refractivity (Wildman–Crippen MR) is 57.4 cm³/mol. The van der Waals surface area contributed by atoms with E-state index >= 15 is 0 Å². The number of ether oxygens (including phenoxy) is 1. The van der Waals surface area contributed by atoms with E-state index in [0.29, 0.717) is 19.6 Å². The van der Waals surface area contributed by atoms with Gasteiger partial charge in [0, 0.05) is 6.42 Å². The zero-order chi connectivity index (χ0) is 11.4. The minimum atomic E-state index is -0.380. The van der Waals surface area contributed by atoms with Crippen LogP contribution in [0.4, 0.5) is 0 Å². The molecule has 1 saturated heterocycles. The number of benzene rings is 1. The molecule has 0 saturated carbocycles. The highest BCUT2D eigenvalue weighted by molar-refractivity contribution is 5.74. The van der Waals surface area contributed by atoms with Crippen molar-refractivity contribution in [2.24, 2.45) is 0 Å². The van der Waals surface area contributed by atoms with Crippen molar-refractivity contribution in [2.75, 3.05) is 6.54 Å². The highest BCUT2D eigenvalue weighted by atomic mass is 16.5. The highest BCUT2D eigenvalue weighted by Crippen LogP contribution is 2.05. The highest BCUT2D eigenvalue weighted by Gasteiger charge is 2.33. The molecular formula is C12H16NO3+. The molecule has 2 atom stereocenters. The van der Waals surface area contributed by atoms with Crippen LogP contribution >= 0.6 is 0 Å². The summed E-state index contributed by atoms with van der Waals surface area (Å²) in [5, 5.41) is 11.1. The summed E-state index contributed by atoms with van der Waals surface area (Å²) >= 11 is 0. The molecule has 3 N–H and O–H groups in total. The SMILES string of the molecule is O=C(OCc1ccccc1)[C@@H]1C[C@@H](O)C[NH2+]1. The third kappa shape index (κ3) is 2.81. The molecule has 1 aliphatic rings. The molecule has 0 aromatic heterocycles. The fraction of sp³-hybridized carbons (Fsp3) is 0.417. The minimum absolute atomic E-state index is 0.236. The van der Waals surface area contributed by atoms with Crippen LogP contribution in [0.15, 0.2) is 30.3 Å². The first kappa shape index (κ1) is 11.1. The Morgan fingerprint density at radius 2 is 2.19 bits per heavy atom. The van der Waals surface area contributed by atoms with E-state index in [-0.39, 0.29) is 18.1 Å². The molecule has 0 unspecified atom stereocenters. The molecule has 0 amide bonds. The molecule has 1 aromatic carbocycles. The van der Waals surface area contributed by atoms with Crippen LogP contribution in [0.1, 0.15) is 12.0 Å².